The van der Waals surface area contributed by atoms with Gasteiger partial charge >= 0.3 is 0 Å². The molecule has 20 heavy (non-hydrogen) atoms. The molecule has 5 nitrogen and oxygen atoms in total. The molecule has 0 aliphatic carbocycles. The van der Waals surface area contributed by atoms with Gasteiger partial charge in [-0.15, -0.1) is 5.10 Å². The molecule has 0 saturated heterocycles. The van der Waals surface area contributed by atoms with Gasteiger partial charge in [-0.2, -0.15) is 0 Å². The highest BCUT2D eigenvalue weighted by molar-refractivity contribution is 7.99. The summed E-state index contributed by atoms with van der Waals surface area (Å²) < 4.78 is 1.65. The van der Waals surface area contributed by atoms with Crippen LogP contribution in [0.15, 0.2) is 29.4 Å². The van der Waals surface area contributed by atoms with Crippen molar-refractivity contribution in [3.8, 4) is 0 Å². The number of hydrogen-bond donors (Lipinski definition) is 1. The molecular formula is C14H21N5S. The molecular weight excluding hydrogens is 270 g/mol. The molecule has 0 amide bonds. The van der Waals surface area contributed by atoms with E-state index in [-0.39, 0.29) is 11.5 Å². The molecule has 0 aliphatic heterocycles. The van der Waals surface area contributed by atoms with E-state index in [9.17, 15) is 0 Å². The van der Waals surface area contributed by atoms with Crippen LogP contribution in [-0.4, -0.2) is 26.0 Å². The lowest BCUT2D eigenvalue weighted by Gasteiger charge is -2.20. The Labute approximate surface area is 123 Å². The predicted octanol–water partition coefficient (Wildman–Crippen LogP) is 2.30. The van der Waals surface area contributed by atoms with Crippen molar-refractivity contribution < 1.29 is 0 Å². The monoisotopic (exact) mass is 291 g/mol. The number of benzene rings is 1. The summed E-state index contributed by atoms with van der Waals surface area (Å²) >= 11 is 1.57. The largest absolute Gasteiger partial charge is 0.323 e. The maximum absolute atomic E-state index is 6.22. The van der Waals surface area contributed by atoms with Crippen LogP contribution in [0.4, 0.5) is 0 Å². The summed E-state index contributed by atoms with van der Waals surface area (Å²) in [6.45, 7) is 6.62. The van der Waals surface area contributed by atoms with E-state index >= 15 is 0 Å². The fourth-order valence-corrected chi connectivity index (χ4v) is 2.67. The van der Waals surface area contributed by atoms with Crippen molar-refractivity contribution in [2.75, 3.05) is 5.75 Å². The SMILES string of the molecule is Cn1nnnc1SCC(N)c1ccc(C(C)(C)C)cc1. The second-order valence-corrected chi connectivity index (χ2v) is 6.86. The number of thioether (sulfide) groups is 1. The molecule has 6 heteroatoms. The summed E-state index contributed by atoms with van der Waals surface area (Å²) in [6, 6.07) is 8.51. The van der Waals surface area contributed by atoms with E-state index in [1.165, 1.54) is 5.56 Å². The molecule has 0 fully saturated rings. The Morgan fingerprint density at radius 1 is 1.25 bits per heavy atom. The van der Waals surface area contributed by atoms with Crippen LogP contribution in [-0.2, 0) is 12.5 Å². The van der Waals surface area contributed by atoms with Gasteiger partial charge in [-0.25, -0.2) is 4.68 Å². The maximum atomic E-state index is 6.22. The Hall–Kier alpha value is -1.40. The van der Waals surface area contributed by atoms with E-state index in [2.05, 4.69) is 60.6 Å². The summed E-state index contributed by atoms with van der Waals surface area (Å²) in [5.41, 5.74) is 8.85. The van der Waals surface area contributed by atoms with Crippen molar-refractivity contribution in [2.45, 2.75) is 37.4 Å². The van der Waals surface area contributed by atoms with Gasteiger partial charge in [-0.05, 0) is 27.0 Å². The van der Waals surface area contributed by atoms with E-state index < -0.39 is 0 Å². The Kier molecular flexibility index (Phi) is 4.45. The van der Waals surface area contributed by atoms with Gasteiger partial charge in [0.25, 0.3) is 0 Å². The first-order valence-corrected chi connectivity index (χ1v) is 7.57. The molecule has 0 saturated carbocycles. The number of aromatic nitrogens is 4. The first-order chi connectivity index (χ1) is 9.38. The fourth-order valence-electron chi connectivity index (χ4n) is 1.83. The van der Waals surface area contributed by atoms with Crippen LogP contribution in [0.2, 0.25) is 0 Å². The minimum Gasteiger partial charge on any atom is -0.323 e. The average molecular weight is 291 g/mol. The smallest absolute Gasteiger partial charge is 0.209 e. The molecule has 1 unspecified atom stereocenters. The molecule has 0 radical (unpaired) electrons. The second kappa shape index (κ2) is 5.93. The predicted molar refractivity (Wildman–Crippen MR) is 81.6 cm³/mol. The number of hydrogen-bond acceptors (Lipinski definition) is 5. The summed E-state index contributed by atoms with van der Waals surface area (Å²) in [5, 5.41) is 12.1. The van der Waals surface area contributed by atoms with Crippen LogP contribution in [0.5, 0.6) is 0 Å². The normalized spacial score (nSPS) is 13.4. The molecule has 1 aromatic heterocycles. The number of nitrogens with zero attached hydrogens (tertiary/aromatic N) is 4. The van der Waals surface area contributed by atoms with E-state index in [1.54, 1.807) is 16.4 Å². The lowest BCUT2D eigenvalue weighted by molar-refractivity contribution is 0.589. The molecule has 0 spiro atoms. The third-order valence-electron chi connectivity index (χ3n) is 3.18. The number of tetrazole rings is 1. The summed E-state index contributed by atoms with van der Waals surface area (Å²) in [6.07, 6.45) is 0. The van der Waals surface area contributed by atoms with E-state index in [1.807, 2.05) is 7.05 Å². The first-order valence-electron chi connectivity index (χ1n) is 6.59. The molecule has 2 N–H and O–H groups in total. The zero-order valence-corrected chi connectivity index (χ0v) is 13.2. The molecule has 0 bridgehead atoms. The molecule has 2 aromatic rings. The standard InChI is InChI=1S/C14H21N5S/c1-14(2,3)11-7-5-10(6-8-11)12(15)9-20-13-16-17-18-19(13)4/h5-8,12H,9,15H2,1-4H3. The van der Waals surface area contributed by atoms with E-state index in [0.717, 1.165) is 16.5 Å². The zero-order valence-electron chi connectivity index (χ0n) is 12.4. The summed E-state index contributed by atoms with van der Waals surface area (Å²) in [5.74, 6) is 0.753. The van der Waals surface area contributed by atoms with Crippen LogP contribution < -0.4 is 5.73 Å². The highest BCUT2D eigenvalue weighted by atomic mass is 32.2. The second-order valence-electron chi connectivity index (χ2n) is 5.87. The fraction of sp³-hybridized carbons (Fsp3) is 0.500. The van der Waals surface area contributed by atoms with Gasteiger partial charge in [-0.3, -0.25) is 0 Å². The van der Waals surface area contributed by atoms with Crippen molar-refractivity contribution in [3.63, 3.8) is 0 Å². The molecule has 1 atom stereocenters. The van der Waals surface area contributed by atoms with Gasteiger partial charge in [0.2, 0.25) is 5.16 Å². The van der Waals surface area contributed by atoms with Gasteiger partial charge in [-0.1, -0.05) is 56.8 Å². The highest BCUT2D eigenvalue weighted by Crippen LogP contribution is 2.25. The highest BCUT2D eigenvalue weighted by Gasteiger charge is 2.15. The maximum Gasteiger partial charge on any atom is 0.209 e. The first kappa shape index (κ1) is 15.0. The summed E-state index contributed by atoms with van der Waals surface area (Å²) in [7, 11) is 1.83. The van der Waals surface area contributed by atoms with Gasteiger partial charge in [0.05, 0.1) is 0 Å². The number of aryl methyl sites for hydroxylation is 1. The van der Waals surface area contributed by atoms with Crippen LogP contribution in [0.3, 0.4) is 0 Å². The van der Waals surface area contributed by atoms with Gasteiger partial charge in [0.15, 0.2) is 0 Å². The van der Waals surface area contributed by atoms with Crippen molar-refractivity contribution >= 4 is 11.8 Å². The van der Waals surface area contributed by atoms with Gasteiger partial charge < -0.3 is 5.73 Å². The lowest BCUT2D eigenvalue weighted by atomic mass is 9.86. The molecule has 108 valence electrons. The van der Waals surface area contributed by atoms with Gasteiger partial charge in [0.1, 0.15) is 0 Å². The van der Waals surface area contributed by atoms with Gasteiger partial charge in [0, 0.05) is 18.8 Å². The molecule has 0 aliphatic rings. The molecule has 1 heterocycles. The Morgan fingerprint density at radius 3 is 2.40 bits per heavy atom. The van der Waals surface area contributed by atoms with Crippen LogP contribution in [0.25, 0.3) is 0 Å². The lowest BCUT2D eigenvalue weighted by Crippen LogP contribution is -2.15. The van der Waals surface area contributed by atoms with Crippen molar-refractivity contribution in [1.29, 1.82) is 0 Å². The van der Waals surface area contributed by atoms with Crippen LogP contribution >= 0.6 is 11.8 Å². The molecule has 2 rings (SSSR count). The third-order valence-corrected chi connectivity index (χ3v) is 4.31. The average Bonchev–Trinajstić information content (AvgIpc) is 2.81. The Morgan fingerprint density at radius 2 is 1.90 bits per heavy atom. The molecule has 1 aromatic carbocycles. The van der Waals surface area contributed by atoms with Crippen LogP contribution in [0.1, 0.15) is 37.9 Å². The zero-order chi connectivity index (χ0) is 14.8. The van der Waals surface area contributed by atoms with Crippen molar-refractivity contribution in [1.82, 2.24) is 20.2 Å². The van der Waals surface area contributed by atoms with Crippen molar-refractivity contribution in [3.05, 3.63) is 35.4 Å². The number of rotatable bonds is 4. The minimum absolute atomic E-state index is 0.0225. The topological polar surface area (TPSA) is 69.6 Å². The Bertz CT molecular complexity index is 556. The quantitative estimate of drug-likeness (QED) is 0.875. The summed E-state index contributed by atoms with van der Waals surface area (Å²) in [4.78, 5) is 0. The number of nitrogens with two attached hydrogens (primary N) is 1. The Balaban J connectivity index is 1.99. The van der Waals surface area contributed by atoms with Crippen LogP contribution in [0, 0.1) is 0 Å². The minimum atomic E-state index is -0.0225. The third kappa shape index (κ3) is 3.58. The van der Waals surface area contributed by atoms with Crippen molar-refractivity contribution in [2.24, 2.45) is 12.8 Å². The van der Waals surface area contributed by atoms with E-state index in [4.69, 9.17) is 5.73 Å². The van der Waals surface area contributed by atoms with E-state index in [0.29, 0.717) is 0 Å².